The summed E-state index contributed by atoms with van der Waals surface area (Å²) >= 11 is 0. The van der Waals surface area contributed by atoms with Crippen LogP contribution in [0, 0.1) is 11.6 Å². The Morgan fingerprint density at radius 1 is 0.900 bits per heavy atom. The molecule has 0 unspecified atom stereocenters. The van der Waals surface area contributed by atoms with Gasteiger partial charge in [0.2, 0.25) is 0 Å². The lowest BCUT2D eigenvalue weighted by Crippen LogP contribution is -2.13. The number of nitrogens with two attached hydrogens (primary N) is 1. The van der Waals surface area contributed by atoms with E-state index in [-0.39, 0.29) is 10.6 Å². The zero-order chi connectivity index (χ0) is 14.8. The molecule has 0 aromatic heterocycles. The molecule has 8 heteroatoms. The first kappa shape index (κ1) is 14.2. The largest absolute Gasteiger partial charge is 0.324 e. The summed E-state index contributed by atoms with van der Waals surface area (Å²) in [7, 11) is -3.92. The second-order valence-corrected chi connectivity index (χ2v) is 5.61. The molecule has 0 heterocycles. The number of hydrazine groups is 1. The molecule has 0 atom stereocenters. The Hall–Kier alpha value is -2.19. The van der Waals surface area contributed by atoms with Crippen molar-refractivity contribution in [1.82, 2.24) is 0 Å². The lowest BCUT2D eigenvalue weighted by Gasteiger charge is -2.09. The lowest BCUT2D eigenvalue weighted by atomic mass is 10.3. The Morgan fingerprint density at radius 2 is 1.45 bits per heavy atom. The number of benzene rings is 2. The average molecular weight is 299 g/mol. The molecule has 2 rings (SSSR count). The number of halogens is 2. The molecule has 20 heavy (non-hydrogen) atoms. The molecule has 0 aliphatic heterocycles. The zero-order valence-electron chi connectivity index (χ0n) is 10.1. The highest BCUT2D eigenvalue weighted by Gasteiger charge is 2.15. The van der Waals surface area contributed by atoms with Gasteiger partial charge in [0, 0.05) is 11.8 Å². The van der Waals surface area contributed by atoms with Gasteiger partial charge in [0.05, 0.1) is 10.6 Å². The van der Waals surface area contributed by atoms with Crippen molar-refractivity contribution in [2.75, 3.05) is 10.1 Å². The van der Waals surface area contributed by atoms with E-state index in [0.29, 0.717) is 11.8 Å². The van der Waals surface area contributed by atoms with Crippen molar-refractivity contribution in [3.8, 4) is 0 Å². The smallest absolute Gasteiger partial charge is 0.261 e. The van der Waals surface area contributed by atoms with Gasteiger partial charge in [-0.3, -0.25) is 10.6 Å². The summed E-state index contributed by atoms with van der Waals surface area (Å²) in [5, 5.41) is 0. The maximum absolute atomic E-state index is 13.0. The van der Waals surface area contributed by atoms with E-state index in [1.165, 1.54) is 24.3 Å². The predicted molar refractivity (Wildman–Crippen MR) is 71.4 cm³/mol. The van der Waals surface area contributed by atoms with Gasteiger partial charge in [-0.15, -0.1) is 0 Å². The summed E-state index contributed by atoms with van der Waals surface area (Å²) in [5.41, 5.74) is 2.69. The zero-order valence-corrected chi connectivity index (χ0v) is 10.9. The third kappa shape index (κ3) is 3.22. The molecule has 0 fully saturated rings. The standard InChI is InChI=1S/C12H11F2N3O2S/c13-8-5-9(14)7-11(6-8)17-20(18,19)12-3-1-10(16-15)2-4-12/h1-7,16-17H,15H2. The van der Waals surface area contributed by atoms with Crippen LogP contribution in [0.25, 0.3) is 0 Å². The molecular weight excluding hydrogens is 288 g/mol. The van der Waals surface area contributed by atoms with Gasteiger partial charge >= 0.3 is 0 Å². The van der Waals surface area contributed by atoms with Crippen LogP contribution in [-0.4, -0.2) is 8.42 Å². The molecule has 0 aliphatic carbocycles. The summed E-state index contributed by atoms with van der Waals surface area (Å²) in [6.45, 7) is 0. The van der Waals surface area contributed by atoms with Gasteiger partial charge in [-0.2, -0.15) is 0 Å². The predicted octanol–water partition coefficient (Wildman–Crippen LogP) is 2.05. The quantitative estimate of drug-likeness (QED) is 0.596. The summed E-state index contributed by atoms with van der Waals surface area (Å²) in [5.74, 6) is 3.43. The van der Waals surface area contributed by atoms with Gasteiger partial charge in [-0.25, -0.2) is 17.2 Å². The van der Waals surface area contributed by atoms with Gasteiger partial charge < -0.3 is 5.43 Å². The van der Waals surface area contributed by atoms with Gasteiger partial charge in [0.1, 0.15) is 11.6 Å². The number of hydrogen-bond donors (Lipinski definition) is 3. The maximum Gasteiger partial charge on any atom is 0.261 e. The van der Waals surface area contributed by atoms with Gasteiger partial charge in [-0.05, 0) is 36.4 Å². The fourth-order valence-electron chi connectivity index (χ4n) is 1.56. The van der Waals surface area contributed by atoms with Gasteiger partial charge in [0.15, 0.2) is 0 Å². The molecule has 5 nitrogen and oxygen atoms in total. The van der Waals surface area contributed by atoms with E-state index in [9.17, 15) is 17.2 Å². The molecule has 2 aromatic carbocycles. The highest BCUT2D eigenvalue weighted by molar-refractivity contribution is 7.92. The first-order chi connectivity index (χ1) is 9.40. The monoisotopic (exact) mass is 299 g/mol. The van der Waals surface area contributed by atoms with E-state index in [0.717, 1.165) is 12.1 Å². The highest BCUT2D eigenvalue weighted by atomic mass is 32.2. The van der Waals surface area contributed by atoms with E-state index in [1.807, 2.05) is 0 Å². The Balaban J connectivity index is 2.30. The molecule has 106 valence electrons. The minimum Gasteiger partial charge on any atom is -0.324 e. The van der Waals surface area contributed by atoms with Crippen molar-refractivity contribution in [2.24, 2.45) is 5.84 Å². The van der Waals surface area contributed by atoms with E-state index < -0.39 is 21.7 Å². The second-order valence-electron chi connectivity index (χ2n) is 3.93. The van der Waals surface area contributed by atoms with Crippen LogP contribution in [0.3, 0.4) is 0 Å². The normalized spacial score (nSPS) is 11.2. The first-order valence-corrected chi connectivity index (χ1v) is 6.94. The highest BCUT2D eigenvalue weighted by Crippen LogP contribution is 2.19. The van der Waals surface area contributed by atoms with Crippen LogP contribution < -0.4 is 16.0 Å². The summed E-state index contributed by atoms with van der Waals surface area (Å²) in [6.07, 6.45) is 0. The fraction of sp³-hybridized carbons (Fsp3) is 0. The number of nitrogens with one attached hydrogen (secondary N) is 2. The minimum atomic E-state index is -3.92. The molecule has 0 saturated heterocycles. The van der Waals surface area contributed by atoms with Crippen molar-refractivity contribution in [2.45, 2.75) is 4.90 Å². The van der Waals surface area contributed by atoms with E-state index >= 15 is 0 Å². The third-order valence-corrected chi connectivity index (χ3v) is 3.84. The van der Waals surface area contributed by atoms with Crippen LogP contribution in [-0.2, 0) is 10.0 Å². The molecule has 4 N–H and O–H groups in total. The number of sulfonamides is 1. The Morgan fingerprint density at radius 3 is 1.95 bits per heavy atom. The summed E-state index contributed by atoms with van der Waals surface area (Å²) in [6, 6.07) is 7.97. The molecule has 2 aromatic rings. The van der Waals surface area contributed by atoms with Crippen molar-refractivity contribution in [3.05, 3.63) is 54.1 Å². The van der Waals surface area contributed by atoms with Gasteiger partial charge in [-0.1, -0.05) is 0 Å². The van der Waals surface area contributed by atoms with E-state index in [1.54, 1.807) is 0 Å². The Bertz CT molecular complexity index is 698. The molecular formula is C12H11F2N3O2S. The number of nitrogen functional groups attached to an aromatic ring is 1. The molecule has 0 spiro atoms. The Labute approximate surface area is 114 Å². The fourth-order valence-corrected chi connectivity index (χ4v) is 2.60. The van der Waals surface area contributed by atoms with Crippen molar-refractivity contribution in [1.29, 1.82) is 0 Å². The average Bonchev–Trinajstić information content (AvgIpc) is 2.37. The molecule has 0 bridgehead atoms. The topological polar surface area (TPSA) is 84.2 Å². The van der Waals surface area contributed by atoms with Crippen LogP contribution in [0.2, 0.25) is 0 Å². The van der Waals surface area contributed by atoms with Crippen LogP contribution in [0.15, 0.2) is 47.4 Å². The number of anilines is 2. The lowest BCUT2D eigenvalue weighted by molar-refractivity contribution is 0.584. The maximum atomic E-state index is 13.0. The van der Waals surface area contributed by atoms with Crippen molar-refractivity contribution >= 4 is 21.4 Å². The number of rotatable bonds is 4. The van der Waals surface area contributed by atoms with E-state index in [4.69, 9.17) is 5.84 Å². The minimum absolute atomic E-state index is 0.0545. The van der Waals surface area contributed by atoms with Crippen molar-refractivity contribution in [3.63, 3.8) is 0 Å². The summed E-state index contributed by atoms with van der Waals surface area (Å²) < 4.78 is 52.1. The molecule has 0 amide bonds. The van der Waals surface area contributed by atoms with Crippen LogP contribution in [0.4, 0.5) is 20.2 Å². The van der Waals surface area contributed by atoms with Crippen molar-refractivity contribution < 1.29 is 17.2 Å². The second kappa shape index (κ2) is 5.43. The molecule has 0 saturated carbocycles. The summed E-state index contributed by atoms with van der Waals surface area (Å²) in [4.78, 5) is -0.0545. The van der Waals surface area contributed by atoms with E-state index in [2.05, 4.69) is 10.1 Å². The van der Waals surface area contributed by atoms with Crippen LogP contribution in [0.5, 0.6) is 0 Å². The van der Waals surface area contributed by atoms with Crippen LogP contribution in [0.1, 0.15) is 0 Å². The SMILES string of the molecule is NNc1ccc(S(=O)(=O)Nc2cc(F)cc(F)c2)cc1. The van der Waals surface area contributed by atoms with Crippen LogP contribution >= 0.6 is 0 Å². The third-order valence-electron chi connectivity index (χ3n) is 2.45. The molecule has 0 radical (unpaired) electrons. The number of hydrogen-bond acceptors (Lipinski definition) is 4. The Kier molecular flexibility index (Phi) is 3.86. The van der Waals surface area contributed by atoms with Gasteiger partial charge in [0.25, 0.3) is 10.0 Å². The first-order valence-electron chi connectivity index (χ1n) is 5.46. The molecule has 0 aliphatic rings.